The second kappa shape index (κ2) is 9.02. The van der Waals surface area contributed by atoms with Crippen molar-refractivity contribution in [1.29, 1.82) is 0 Å². The molecule has 150 valence electrons. The smallest absolute Gasteiger partial charge is 0.223 e. The third kappa shape index (κ3) is 5.20. The highest BCUT2D eigenvalue weighted by Gasteiger charge is 2.32. The minimum absolute atomic E-state index is 0.170. The minimum atomic E-state index is -0.378. The zero-order valence-corrected chi connectivity index (χ0v) is 16.6. The molecule has 0 saturated carbocycles. The first-order valence-electron chi connectivity index (χ1n) is 9.96. The van der Waals surface area contributed by atoms with E-state index in [9.17, 15) is 9.18 Å². The Kier molecular flexibility index (Phi) is 6.71. The fourth-order valence-electron chi connectivity index (χ4n) is 4.35. The number of hydrogen-bond donors (Lipinski definition) is 0. The first kappa shape index (κ1) is 20.1. The van der Waals surface area contributed by atoms with E-state index in [4.69, 9.17) is 9.47 Å². The number of benzene rings is 1. The van der Waals surface area contributed by atoms with Crippen molar-refractivity contribution in [2.75, 3.05) is 33.3 Å². The van der Waals surface area contributed by atoms with E-state index in [1.165, 1.54) is 13.2 Å². The summed E-state index contributed by atoms with van der Waals surface area (Å²) in [6.45, 7) is 7.81. The number of rotatable bonds is 6. The Morgan fingerprint density at radius 3 is 2.70 bits per heavy atom. The molecule has 0 N–H and O–H groups in total. The molecule has 1 aromatic carbocycles. The first-order valence-corrected chi connectivity index (χ1v) is 9.96. The molecule has 3 atom stereocenters. The lowest BCUT2D eigenvalue weighted by Gasteiger charge is -2.38. The van der Waals surface area contributed by atoms with E-state index in [2.05, 4.69) is 18.7 Å². The van der Waals surface area contributed by atoms with Gasteiger partial charge >= 0.3 is 0 Å². The van der Waals surface area contributed by atoms with Crippen LogP contribution in [0.3, 0.4) is 0 Å². The molecule has 5 nitrogen and oxygen atoms in total. The van der Waals surface area contributed by atoms with Gasteiger partial charge in [0, 0.05) is 38.6 Å². The van der Waals surface area contributed by atoms with Crippen LogP contribution in [0.2, 0.25) is 0 Å². The largest absolute Gasteiger partial charge is 0.494 e. The van der Waals surface area contributed by atoms with Crippen LogP contribution in [0.4, 0.5) is 4.39 Å². The lowest BCUT2D eigenvalue weighted by Crippen LogP contribution is -2.50. The van der Waals surface area contributed by atoms with Crippen LogP contribution < -0.4 is 4.74 Å². The van der Waals surface area contributed by atoms with Crippen molar-refractivity contribution in [1.82, 2.24) is 9.80 Å². The average molecular weight is 378 g/mol. The number of hydrogen-bond acceptors (Lipinski definition) is 4. The Hall–Kier alpha value is -1.66. The summed E-state index contributed by atoms with van der Waals surface area (Å²) in [6.07, 6.45) is 3.56. The number of carbonyl (C=O) groups is 1. The molecule has 2 heterocycles. The van der Waals surface area contributed by atoms with E-state index in [-0.39, 0.29) is 35.7 Å². The maximum atomic E-state index is 13.8. The number of carbonyl (C=O) groups excluding carboxylic acids is 1. The molecule has 0 aromatic heterocycles. The Bertz CT molecular complexity index is 644. The number of likely N-dealkylation sites (tertiary alicyclic amines) is 1. The van der Waals surface area contributed by atoms with Crippen molar-refractivity contribution < 1.29 is 18.7 Å². The van der Waals surface area contributed by atoms with Gasteiger partial charge < -0.3 is 14.4 Å². The van der Waals surface area contributed by atoms with Crippen molar-refractivity contribution in [2.24, 2.45) is 0 Å². The molecule has 2 fully saturated rings. The minimum Gasteiger partial charge on any atom is -0.494 e. The number of methoxy groups -OCH3 is 1. The van der Waals surface area contributed by atoms with Gasteiger partial charge in [0.2, 0.25) is 5.91 Å². The van der Waals surface area contributed by atoms with Gasteiger partial charge in [-0.3, -0.25) is 9.69 Å². The fourth-order valence-corrected chi connectivity index (χ4v) is 4.35. The van der Waals surface area contributed by atoms with Crippen molar-refractivity contribution >= 4 is 5.91 Å². The van der Waals surface area contributed by atoms with Crippen molar-refractivity contribution in [3.63, 3.8) is 0 Å². The van der Waals surface area contributed by atoms with Gasteiger partial charge in [0.25, 0.3) is 0 Å². The van der Waals surface area contributed by atoms with E-state index >= 15 is 0 Å². The second-order valence-corrected chi connectivity index (χ2v) is 7.83. The number of morpholine rings is 1. The topological polar surface area (TPSA) is 42.0 Å². The SMILES string of the molecule is COc1ccc(CCC(=O)N2CCC[C@@H]2CN2C[C@@H](C)O[C@H](C)C2)cc1F. The molecule has 0 aliphatic carbocycles. The molecule has 27 heavy (non-hydrogen) atoms. The van der Waals surface area contributed by atoms with Crippen LogP contribution in [0.1, 0.15) is 38.7 Å². The van der Waals surface area contributed by atoms with Gasteiger partial charge in [0.15, 0.2) is 11.6 Å². The van der Waals surface area contributed by atoms with Crippen LogP contribution in [-0.4, -0.2) is 67.2 Å². The van der Waals surface area contributed by atoms with Crippen molar-refractivity contribution in [3.05, 3.63) is 29.6 Å². The van der Waals surface area contributed by atoms with Crippen LogP contribution in [0.5, 0.6) is 5.75 Å². The summed E-state index contributed by atoms with van der Waals surface area (Å²) in [5.74, 6) is 0.0267. The highest BCUT2D eigenvalue weighted by Crippen LogP contribution is 2.23. The molecule has 2 aliphatic rings. The van der Waals surface area contributed by atoms with Crippen LogP contribution in [-0.2, 0) is 16.0 Å². The summed E-state index contributed by atoms with van der Waals surface area (Å²) in [5, 5.41) is 0. The predicted molar refractivity (Wildman–Crippen MR) is 102 cm³/mol. The molecular formula is C21H31FN2O3. The summed E-state index contributed by atoms with van der Waals surface area (Å²) in [7, 11) is 1.45. The van der Waals surface area contributed by atoms with E-state index < -0.39 is 0 Å². The van der Waals surface area contributed by atoms with Crippen molar-refractivity contribution in [3.8, 4) is 5.75 Å². The molecule has 0 spiro atoms. The maximum Gasteiger partial charge on any atom is 0.223 e. The molecule has 0 radical (unpaired) electrons. The number of nitrogens with zero attached hydrogens (tertiary/aromatic N) is 2. The van der Waals surface area contributed by atoms with Gasteiger partial charge in [-0.2, -0.15) is 0 Å². The highest BCUT2D eigenvalue weighted by atomic mass is 19.1. The van der Waals surface area contributed by atoms with E-state index in [1.807, 2.05) is 11.0 Å². The van der Waals surface area contributed by atoms with Crippen LogP contribution in [0.15, 0.2) is 18.2 Å². The van der Waals surface area contributed by atoms with Crippen LogP contribution >= 0.6 is 0 Å². The Balaban J connectivity index is 1.53. The third-order valence-corrected chi connectivity index (χ3v) is 5.51. The van der Waals surface area contributed by atoms with Crippen LogP contribution in [0.25, 0.3) is 0 Å². The molecule has 1 aromatic rings. The van der Waals surface area contributed by atoms with Crippen molar-refractivity contribution in [2.45, 2.75) is 57.8 Å². The molecule has 2 saturated heterocycles. The molecular weight excluding hydrogens is 347 g/mol. The second-order valence-electron chi connectivity index (χ2n) is 7.83. The van der Waals surface area contributed by atoms with Gasteiger partial charge in [-0.15, -0.1) is 0 Å². The molecule has 3 rings (SSSR count). The van der Waals surface area contributed by atoms with Crippen LogP contribution in [0, 0.1) is 5.82 Å². The summed E-state index contributed by atoms with van der Waals surface area (Å²) in [4.78, 5) is 17.2. The summed E-state index contributed by atoms with van der Waals surface area (Å²) in [5.41, 5.74) is 0.827. The summed E-state index contributed by atoms with van der Waals surface area (Å²) >= 11 is 0. The monoisotopic (exact) mass is 378 g/mol. The number of halogens is 1. The number of aryl methyl sites for hydroxylation is 1. The zero-order chi connectivity index (χ0) is 19.4. The van der Waals surface area contributed by atoms with Gasteiger partial charge in [-0.05, 0) is 50.8 Å². The summed E-state index contributed by atoms with van der Waals surface area (Å²) < 4.78 is 24.6. The average Bonchev–Trinajstić information content (AvgIpc) is 3.07. The fraction of sp³-hybridized carbons (Fsp3) is 0.667. The molecule has 6 heteroatoms. The molecule has 2 aliphatic heterocycles. The number of ether oxygens (including phenoxy) is 2. The highest BCUT2D eigenvalue weighted by molar-refractivity contribution is 5.77. The van der Waals surface area contributed by atoms with Gasteiger partial charge in [-0.25, -0.2) is 4.39 Å². The quantitative estimate of drug-likeness (QED) is 0.763. The number of amides is 1. The van der Waals surface area contributed by atoms with Gasteiger partial charge in [0.05, 0.1) is 19.3 Å². The van der Waals surface area contributed by atoms with E-state index in [0.717, 1.165) is 44.6 Å². The maximum absolute atomic E-state index is 13.8. The Morgan fingerprint density at radius 2 is 2.04 bits per heavy atom. The third-order valence-electron chi connectivity index (χ3n) is 5.51. The molecule has 0 unspecified atom stereocenters. The van der Waals surface area contributed by atoms with Gasteiger partial charge in [0.1, 0.15) is 0 Å². The Morgan fingerprint density at radius 1 is 1.30 bits per heavy atom. The van der Waals surface area contributed by atoms with E-state index in [0.29, 0.717) is 12.8 Å². The standard InChI is InChI=1S/C21H31FN2O3/c1-15-12-23(13-16(2)27-15)14-18-5-4-10-24(18)21(25)9-7-17-6-8-20(26-3)19(22)11-17/h6,8,11,15-16,18H,4-5,7,9-10,12-14H2,1-3H3/t15-,16-,18-/m1/s1. The van der Waals surface area contributed by atoms with Gasteiger partial charge in [-0.1, -0.05) is 6.07 Å². The first-order chi connectivity index (χ1) is 13.0. The normalized spacial score (nSPS) is 26.4. The lowest BCUT2D eigenvalue weighted by atomic mass is 10.1. The predicted octanol–water partition coefficient (Wildman–Crippen LogP) is 2.87. The van der Waals surface area contributed by atoms with E-state index in [1.54, 1.807) is 6.07 Å². The zero-order valence-electron chi connectivity index (χ0n) is 16.6. The Labute approximate surface area is 161 Å². The summed E-state index contributed by atoms with van der Waals surface area (Å²) in [6, 6.07) is 5.19. The molecule has 0 bridgehead atoms. The lowest BCUT2D eigenvalue weighted by molar-refractivity contribution is -0.133. The molecule has 1 amide bonds.